The molecule has 1 aliphatic rings. The molecule has 0 spiro atoms. The maximum absolute atomic E-state index is 12.1. The third-order valence-corrected chi connectivity index (χ3v) is 3.61. The molecule has 0 saturated heterocycles. The molecule has 0 radical (unpaired) electrons. The Kier molecular flexibility index (Phi) is 4.37. The molecule has 1 aliphatic heterocycles. The third kappa shape index (κ3) is 3.74. The van der Waals surface area contributed by atoms with E-state index < -0.39 is 6.10 Å². The molecule has 120 valence electrons. The Bertz CT molecular complexity index is 697. The van der Waals surface area contributed by atoms with Crippen molar-refractivity contribution >= 4 is 5.91 Å². The molecule has 1 amide bonds. The fourth-order valence-corrected chi connectivity index (χ4v) is 2.26. The smallest absolute Gasteiger partial charge is 0.261 e. The number of amides is 1. The zero-order valence-corrected chi connectivity index (χ0v) is 13.2. The molecule has 1 heterocycles. The molecule has 3 rings (SSSR count). The quantitative estimate of drug-likeness (QED) is 0.922. The van der Waals surface area contributed by atoms with Crippen LogP contribution >= 0.6 is 0 Å². The number of aryl methyl sites for hydroxylation is 1. The zero-order chi connectivity index (χ0) is 16.2. The summed E-state index contributed by atoms with van der Waals surface area (Å²) in [6.45, 7) is 4.39. The van der Waals surface area contributed by atoms with Gasteiger partial charge in [-0.2, -0.15) is 0 Å². The van der Waals surface area contributed by atoms with E-state index in [4.69, 9.17) is 14.2 Å². The van der Waals surface area contributed by atoms with Crippen molar-refractivity contribution in [1.29, 1.82) is 0 Å². The molecule has 1 atom stereocenters. The lowest BCUT2D eigenvalue weighted by atomic mass is 10.2. The first-order valence-electron chi connectivity index (χ1n) is 7.51. The number of ether oxygens (including phenoxy) is 3. The highest BCUT2D eigenvalue weighted by Gasteiger charge is 2.16. The van der Waals surface area contributed by atoms with Gasteiger partial charge in [0.05, 0.1) is 0 Å². The fraction of sp³-hybridized carbons (Fsp3) is 0.278. The Morgan fingerprint density at radius 1 is 1.17 bits per heavy atom. The zero-order valence-electron chi connectivity index (χ0n) is 13.2. The Morgan fingerprint density at radius 2 is 1.91 bits per heavy atom. The maximum atomic E-state index is 12.1. The number of rotatable bonds is 5. The van der Waals surface area contributed by atoms with Crippen molar-refractivity contribution in [2.45, 2.75) is 26.5 Å². The first-order chi connectivity index (χ1) is 11.1. The van der Waals surface area contributed by atoms with Crippen molar-refractivity contribution in [3.63, 3.8) is 0 Å². The Morgan fingerprint density at radius 3 is 2.70 bits per heavy atom. The number of carbonyl (C=O) groups excluding carboxylic acids is 1. The minimum atomic E-state index is -0.563. The summed E-state index contributed by atoms with van der Waals surface area (Å²) in [5.41, 5.74) is 2.10. The van der Waals surface area contributed by atoms with Crippen LogP contribution in [0.5, 0.6) is 17.2 Å². The second-order valence-corrected chi connectivity index (χ2v) is 5.48. The summed E-state index contributed by atoms with van der Waals surface area (Å²) in [5, 5.41) is 2.86. The predicted octanol–water partition coefficient (Wildman–Crippen LogP) is 2.81. The van der Waals surface area contributed by atoms with Gasteiger partial charge in [-0.15, -0.1) is 0 Å². The minimum Gasteiger partial charge on any atom is -0.481 e. The van der Waals surface area contributed by atoms with Gasteiger partial charge in [-0.3, -0.25) is 4.79 Å². The van der Waals surface area contributed by atoms with Crippen LogP contribution in [0.25, 0.3) is 0 Å². The van der Waals surface area contributed by atoms with Gasteiger partial charge in [0.2, 0.25) is 6.79 Å². The molecule has 0 aliphatic carbocycles. The van der Waals surface area contributed by atoms with Crippen molar-refractivity contribution in [2.24, 2.45) is 0 Å². The molecule has 5 nitrogen and oxygen atoms in total. The van der Waals surface area contributed by atoms with Crippen LogP contribution in [0.15, 0.2) is 42.5 Å². The molecule has 5 heteroatoms. The van der Waals surface area contributed by atoms with E-state index in [0.29, 0.717) is 18.0 Å². The predicted molar refractivity (Wildman–Crippen MR) is 85.7 cm³/mol. The largest absolute Gasteiger partial charge is 0.481 e. The molecule has 0 saturated carbocycles. The molecular weight excluding hydrogens is 294 g/mol. The standard InChI is InChI=1S/C18H19NO4/c1-12-3-6-15(7-4-12)23-13(2)18(20)19-10-14-5-8-16-17(9-14)22-11-21-16/h3-9,13H,10-11H2,1-2H3,(H,19,20)/t13-/m1/s1. The first-order valence-corrected chi connectivity index (χ1v) is 7.51. The lowest BCUT2D eigenvalue weighted by Crippen LogP contribution is -2.35. The van der Waals surface area contributed by atoms with Crippen molar-refractivity contribution < 1.29 is 19.0 Å². The van der Waals surface area contributed by atoms with Crippen molar-refractivity contribution in [3.8, 4) is 17.2 Å². The van der Waals surface area contributed by atoms with E-state index in [1.165, 1.54) is 0 Å². The van der Waals surface area contributed by atoms with Crippen LogP contribution < -0.4 is 19.5 Å². The Hall–Kier alpha value is -2.69. The normalized spacial score (nSPS) is 13.5. The molecule has 0 bridgehead atoms. The summed E-state index contributed by atoms with van der Waals surface area (Å²) in [6.07, 6.45) is -0.563. The van der Waals surface area contributed by atoms with E-state index in [2.05, 4.69) is 5.32 Å². The van der Waals surface area contributed by atoms with Crippen LogP contribution in [0.4, 0.5) is 0 Å². The van der Waals surface area contributed by atoms with Gasteiger partial charge in [-0.1, -0.05) is 23.8 Å². The lowest BCUT2D eigenvalue weighted by Gasteiger charge is -2.15. The molecule has 1 N–H and O–H groups in total. The summed E-state index contributed by atoms with van der Waals surface area (Å²) < 4.78 is 16.2. The fourth-order valence-electron chi connectivity index (χ4n) is 2.26. The van der Waals surface area contributed by atoms with Gasteiger partial charge in [0.15, 0.2) is 17.6 Å². The molecule has 0 unspecified atom stereocenters. The number of fused-ring (bicyclic) bond motifs is 1. The topological polar surface area (TPSA) is 56.8 Å². The van der Waals surface area contributed by atoms with Crippen LogP contribution in [0.1, 0.15) is 18.1 Å². The monoisotopic (exact) mass is 313 g/mol. The molecule has 2 aromatic carbocycles. The second kappa shape index (κ2) is 6.60. The minimum absolute atomic E-state index is 0.164. The van der Waals surface area contributed by atoms with Crippen molar-refractivity contribution in [1.82, 2.24) is 5.32 Å². The van der Waals surface area contributed by atoms with Gasteiger partial charge in [0, 0.05) is 6.54 Å². The van der Waals surface area contributed by atoms with E-state index in [0.717, 1.165) is 16.9 Å². The van der Waals surface area contributed by atoms with Crippen molar-refractivity contribution in [2.75, 3.05) is 6.79 Å². The summed E-state index contributed by atoms with van der Waals surface area (Å²) in [4.78, 5) is 12.1. The highest BCUT2D eigenvalue weighted by atomic mass is 16.7. The van der Waals surface area contributed by atoms with Gasteiger partial charge >= 0.3 is 0 Å². The number of benzene rings is 2. The van der Waals surface area contributed by atoms with E-state index >= 15 is 0 Å². The van der Waals surface area contributed by atoms with Gasteiger partial charge in [-0.05, 0) is 43.7 Å². The molecular formula is C18H19NO4. The SMILES string of the molecule is Cc1ccc(O[C@H](C)C(=O)NCc2ccc3c(c2)OCO3)cc1. The van der Waals surface area contributed by atoms with Gasteiger partial charge in [-0.25, -0.2) is 0 Å². The lowest BCUT2D eigenvalue weighted by molar-refractivity contribution is -0.127. The van der Waals surface area contributed by atoms with Crippen LogP contribution in [-0.4, -0.2) is 18.8 Å². The van der Waals surface area contributed by atoms with E-state index in [-0.39, 0.29) is 12.7 Å². The number of hydrogen-bond donors (Lipinski definition) is 1. The molecule has 0 aromatic heterocycles. The summed E-state index contributed by atoms with van der Waals surface area (Å²) in [7, 11) is 0. The van der Waals surface area contributed by atoms with Crippen LogP contribution in [0.2, 0.25) is 0 Å². The maximum Gasteiger partial charge on any atom is 0.261 e. The van der Waals surface area contributed by atoms with Crippen molar-refractivity contribution in [3.05, 3.63) is 53.6 Å². The summed E-state index contributed by atoms with van der Waals surface area (Å²) in [6, 6.07) is 13.2. The number of hydrogen-bond acceptors (Lipinski definition) is 4. The molecule has 2 aromatic rings. The number of carbonyl (C=O) groups is 1. The van der Waals surface area contributed by atoms with E-state index in [1.807, 2.05) is 49.4 Å². The first kappa shape index (κ1) is 15.2. The highest BCUT2D eigenvalue weighted by Crippen LogP contribution is 2.32. The van der Waals surface area contributed by atoms with E-state index in [9.17, 15) is 4.79 Å². The molecule has 0 fully saturated rings. The van der Waals surface area contributed by atoms with Gasteiger partial charge < -0.3 is 19.5 Å². The highest BCUT2D eigenvalue weighted by molar-refractivity contribution is 5.80. The summed E-state index contributed by atoms with van der Waals surface area (Å²) in [5.74, 6) is 1.96. The Labute approximate surface area is 135 Å². The van der Waals surface area contributed by atoms with Crippen LogP contribution in [-0.2, 0) is 11.3 Å². The van der Waals surface area contributed by atoms with Gasteiger partial charge in [0.1, 0.15) is 5.75 Å². The Balaban J connectivity index is 1.53. The van der Waals surface area contributed by atoms with Gasteiger partial charge in [0.25, 0.3) is 5.91 Å². The summed E-state index contributed by atoms with van der Waals surface area (Å²) >= 11 is 0. The average molecular weight is 313 g/mol. The third-order valence-electron chi connectivity index (χ3n) is 3.61. The van der Waals surface area contributed by atoms with E-state index in [1.54, 1.807) is 6.92 Å². The number of nitrogens with one attached hydrogen (secondary N) is 1. The van der Waals surface area contributed by atoms with Crippen LogP contribution in [0.3, 0.4) is 0 Å². The second-order valence-electron chi connectivity index (χ2n) is 5.48. The van der Waals surface area contributed by atoms with Crippen LogP contribution in [0, 0.1) is 6.92 Å². The average Bonchev–Trinajstić information content (AvgIpc) is 3.02. The molecule has 23 heavy (non-hydrogen) atoms.